The molecule has 0 unspecified atom stereocenters. The van der Waals surface area contributed by atoms with Crippen LogP contribution in [0.3, 0.4) is 0 Å². The zero-order valence-electron chi connectivity index (χ0n) is 5.55. The minimum atomic E-state index is 0. The molecule has 0 saturated carbocycles. The molecule has 51 valence electrons. The number of benzene rings is 1. The second kappa shape index (κ2) is 3.84. The van der Waals surface area contributed by atoms with E-state index >= 15 is 0 Å². The van der Waals surface area contributed by atoms with Crippen molar-refractivity contribution in [3.8, 4) is 0 Å². The molecular formula is C8H9Pt. The largest absolute Gasteiger partial charge is 0.0563 e. The standard InChI is InChI=1S/C8H9.Pt/c1-7-4-3-5-8(2)6-7;/h4-6H,1-2H3;. The van der Waals surface area contributed by atoms with Crippen molar-refractivity contribution in [2.24, 2.45) is 0 Å². The molecule has 1 heteroatoms. The Morgan fingerprint density at radius 1 is 1.11 bits per heavy atom. The Bertz CT molecular complexity index is 164. The van der Waals surface area contributed by atoms with Gasteiger partial charge in [0.05, 0.1) is 0 Å². The van der Waals surface area contributed by atoms with Gasteiger partial charge in [0.25, 0.3) is 0 Å². The Balaban J connectivity index is 0.000000640. The first-order chi connectivity index (χ1) is 3.79. The summed E-state index contributed by atoms with van der Waals surface area (Å²) >= 11 is 0. The maximum absolute atomic E-state index is 3.03. The molecule has 9 heavy (non-hydrogen) atoms. The molecule has 0 amide bonds. The van der Waals surface area contributed by atoms with Gasteiger partial charge in [-0.15, -0.1) is 0 Å². The molecule has 0 aliphatic heterocycles. The summed E-state index contributed by atoms with van der Waals surface area (Å²) in [5, 5.41) is 0. The van der Waals surface area contributed by atoms with E-state index in [0.29, 0.717) is 0 Å². The van der Waals surface area contributed by atoms with Crippen molar-refractivity contribution in [2.75, 3.05) is 0 Å². The molecule has 0 aromatic heterocycles. The van der Waals surface area contributed by atoms with E-state index in [2.05, 4.69) is 26.0 Å². The summed E-state index contributed by atoms with van der Waals surface area (Å²) in [7, 11) is 0. The molecule has 0 N–H and O–H groups in total. The third-order valence-electron chi connectivity index (χ3n) is 1.08. The van der Waals surface area contributed by atoms with E-state index < -0.39 is 0 Å². The van der Waals surface area contributed by atoms with Crippen LogP contribution in [0.2, 0.25) is 0 Å². The quantitative estimate of drug-likeness (QED) is 0.688. The van der Waals surface area contributed by atoms with Crippen LogP contribution in [0.5, 0.6) is 0 Å². The number of hydrogen-bond acceptors (Lipinski definition) is 0. The molecule has 1 aromatic carbocycles. The smallest absolute Gasteiger partial charge is 0 e. The van der Waals surface area contributed by atoms with E-state index in [1.54, 1.807) is 0 Å². The zero-order chi connectivity index (χ0) is 5.98. The first kappa shape index (κ1) is 8.91. The summed E-state index contributed by atoms with van der Waals surface area (Å²) in [4.78, 5) is 0. The fourth-order valence-corrected chi connectivity index (χ4v) is 0.747. The van der Waals surface area contributed by atoms with Gasteiger partial charge in [-0.2, -0.15) is 0 Å². The van der Waals surface area contributed by atoms with Gasteiger partial charge >= 0.3 is 0 Å². The van der Waals surface area contributed by atoms with Crippen molar-refractivity contribution < 1.29 is 21.1 Å². The summed E-state index contributed by atoms with van der Waals surface area (Å²) < 4.78 is 0. The van der Waals surface area contributed by atoms with E-state index in [9.17, 15) is 0 Å². The van der Waals surface area contributed by atoms with Crippen molar-refractivity contribution in [3.63, 3.8) is 0 Å². The van der Waals surface area contributed by atoms with E-state index in [-0.39, 0.29) is 21.1 Å². The van der Waals surface area contributed by atoms with Crippen LogP contribution < -0.4 is 0 Å². The van der Waals surface area contributed by atoms with Gasteiger partial charge in [0.1, 0.15) is 0 Å². The van der Waals surface area contributed by atoms with Crippen molar-refractivity contribution >= 4 is 0 Å². The maximum Gasteiger partial charge on any atom is 0 e. The first-order valence-electron chi connectivity index (χ1n) is 2.73. The molecule has 0 heterocycles. The van der Waals surface area contributed by atoms with Crippen LogP contribution in [-0.4, -0.2) is 0 Å². The zero-order valence-corrected chi connectivity index (χ0v) is 7.82. The van der Waals surface area contributed by atoms with Gasteiger partial charge in [-0.25, -0.2) is 0 Å². The fraction of sp³-hybridized carbons (Fsp3) is 0.250. The van der Waals surface area contributed by atoms with Gasteiger partial charge < -0.3 is 0 Å². The van der Waals surface area contributed by atoms with Crippen molar-refractivity contribution in [1.82, 2.24) is 0 Å². The van der Waals surface area contributed by atoms with Crippen LogP contribution in [0.1, 0.15) is 11.1 Å². The third-order valence-corrected chi connectivity index (χ3v) is 1.08. The molecule has 0 bridgehead atoms. The molecule has 1 aromatic rings. The molecule has 1 radical (unpaired) electrons. The Morgan fingerprint density at radius 2 is 1.56 bits per heavy atom. The molecule has 0 atom stereocenters. The Kier molecular flexibility index (Phi) is 3.81. The van der Waals surface area contributed by atoms with E-state index in [1.165, 1.54) is 11.1 Å². The Morgan fingerprint density at radius 3 is 1.78 bits per heavy atom. The van der Waals surface area contributed by atoms with Crippen molar-refractivity contribution in [3.05, 3.63) is 35.4 Å². The number of hydrogen-bond donors (Lipinski definition) is 0. The Labute approximate surface area is 70.5 Å². The summed E-state index contributed by atoms with van der Waals surface area (Å²) in [5.74, 6) is 0. The second-order valence-corrected chi connectivity index (χ2v) is 2.09. The third kappa shape index (κ3) is 2.81. The summed E-state index contributed by atoms with van der Waals surface area (Å²) in [6, 6.07) is 9.12. The van der Waals surface area contributed by atoms with Crippen LogP contribution in [0, 0.1) is 19.9 Å². The van der Waals surface area contributed by atoms with Gasteiger partial charge in [-0.1, -0.05) is 29.3 Å². The monoisotopic (exact) mass is 300 g/mol. The van der Waals surface area contributed by atoms with Gasteiger partial charge in [-0.3, -0.25) is 0 Å². The minimum Gasteiger partial charge on any atom is -0.0563 e. The molecule has 0 spiro atoms. The van der Waals surface area contributed by atoms with Crippen LogP contribution >= 0.6 is 0 Å². The molecule has 0 saturated heterocycles. The van der Waals surface area contributed by atoms with Crippen molar-refractivity contribution in [2.45, 2.75) is 13.8 Å². The molecular weight excluding hydrogens is 291 g/mol. The number of aryl methyl sites for hydroxylation is 2. The molecule has 0 aliphatic carbocycles. The van der Waals surface area contributed by atoms with Crippen LogP contribution in [0.25, 0.3) is 0 Å². The normalized spacial score (nSPS) is 8.22. The minimum absolute atomic E-state index is 0. The summed E-state index contributed by atoms with van der Waals surface area (Å²) in [6.07, 6.45) is 0. The van der Waals surface area contributed by atoms with E-state index in [0.717, 1.165) is 0 Å². The van der Waals surface area contributed by atoms with Crippen molar-refractivity contribution in [1.29, 1.82) is 0 Å². The van der Waals surface area contributed by atoms with E-state index in [4.69, 9.17) is 0 Å². The topological polar surface area (TPSA) is 0 Å². The molecule has 0 nitrogen and oxygen atoms in total. The predicted molar refractivity (Wildman–Crippen MR) is 34.8 cm³/mol. The average molecular weight is 300 g/mol. The first-order valence-corrected chi connectivity index (χ1v) is 2.73. The van der Waals surface area contributed by atoms with Crippen LogP contribution in [0.15, 0.2) is 18.2 Å². The average Bonchev–Trinajstić information content (AvgIpc) is 1.64. The summed E-state index contributed by atoms with van der Waals surface area (Å²) in [5.41, 5.74) is 2.56. The van der Waals surface area contributed by atoms with Crippen LogP contribution in [0.4, 0.5) is 0 Å². The SMILES string of the molecule is Cc1c[c]cc(C)c1.[Pt]. The van der Waals surface area contributed by atoms with Gasteiger partial charge in [0, 0.05) is 21.1 Å². The fourth-order valence-electron chi connectivity index (χ4n) is 0.747. The molecule has 0 aliphatic rings. The van der Waals surface area contributed by atoms with Gasteiger partial charge in [0.2, 0.25) is 0 Å². The predicted octanol–water partition coefficient (Wildman–Crippen LogP) is 2.10. The summed E-state index contributed by atoms with van der Waals surface area (Å²) in [6.45, 7) is 4.15. The van der Waals surface area contributed by atoms with Gasteiger partial charge in [-0.05, 0) is 19.9 Å². The molecule has 0 fully saturated rings. The maximum atomic E-state index is 3.03. The molecule has 1 rings (SSSR count). The number of rotatable bonds is 0. The second-order valence-electron chi connectivity index (χ2n) is 2.09. The Hall–Kier alpha value is -0.0917. The van der Waals surface area contributed by atoms with Crippen LogP contribution in [-0.2, 0) is 21.1 Å². The van der Waals surface area contributed by atoms with E-state index in [1.807, 2.05) is 12.1 Å². The van der Waals surface area contributed by atoms with Gasteiger partial charge in [0.15, 0.2) is 0 Å².